The van der Waals surface area contributed by atoms with E-state index < -0.39 is 5.54 Å². The molecule has 1 atom stereocenters. The van der Waals surface area contributed by atoms with E-state index in [0.717, 1.165) is 29.5 Å². The van der Waals surface area contributed by atoms with E-state index in [9.17, 15) is 10.1 Å². The van der Waals surface area contributed by atoms with Gasteiger partial charge in [-0.05, 0) is 67.1 Å². The van der Waals surface area contributed by atoms with Crippen LogP contribution in [0.4, 0.5) is 0 Å². The number of benzene rings is 3. The molecule has 1 amide bonds. The zero-order valence-corrected chi connectivity index (χ0v) is 22.1. The van der Waals surface area contributed by atoms with Gasteiger partial charge in [0.1, 0.15) is 0 Å². The molecule has 0 aliphatic carbocycles. The van der Waals surface area contributed by atoms with Crippen molar-refractivity contribution in [2.75, 3.05) is 13.1 Å². The topological polar surface area (TPSA) is 109 Å². The van der Waals surface area contributed by atoms with Crippen LogP contribution in [0, 0.1) is 11.3 Å². The second-order valence-electron chi connectivity index (χ2n) is 9.74. The summed E-state index contributed by atoms with van der Waals surface area (Å²) < 4.78 is 6.11. The molecule has 0 spiro atoms. The first-order chi connectivity index (χ1) is 18.4. The molecule has 194 valence electrons. The van der Waals surface area contributed by atoms with Crippen molar-refractivity contribution in [3.63, 3.8) is 0 Å². The van der Waals surface area contributed by atoms with E-state index >= 15 is 0 Å². The molecule has 0 fully saturated rings. The fraction of sp³-hybridized carbons (Fsp3) is 0.290. The second kappa shape index (κ2) is 11.8. The Morgan fingerprint density at radius 2 is 1.63 bits per heavy atom. The Labute approximate surface area is 223 Å². The summed E-state index contributed by atoms with van der Waals surface area (Å²) >= 11 is 0. The number of carbonyl (C=O) groups is 1. The minimum atomic E-state index is -0.880. The molecule has 0 aliphatic rings. The van der Waals surface area contributed by atoms with Gasteiger partial charge in [0, 0.05) is 24.2 Å². The first kappa shape index (κ1) is 26.8. The van der Waals surface area contributed by atoms with Crippen molar-refractivity contribution in [3.05, 3.63) is 95.4 Å². The number of nitriles is 1. The monoisotopic (exact) mass is 507 g/mol. The molecule has 2 N–H and O–H groups in total. The van der Waals surface area contributed by atoms with Gasteiger partial charge in [0.05, 0.1) is 17.2 Å². The molecule has 4 rings (SSSR count). The molecule has 1 unspecified atom stereocenters. The zero-order valence-electron chi connectivity index (χ0n) is 22.1. The summed E-state index contributed by atoms with van der Waals surface area (Å²) in [7, 11) is 0. The number of amides is 1. The maximum atomic E-state index is 13.6. The van der Waals surface area contributed by atoms with E-state index in [2.05, 4.69) is 30.1 Å². The van der Waals surface area contributed by atoms with E-state index in [1.165, 1.54) is 0 Å². The van der Waals surface area contributed by atoms with Crippen molar-refractivity contribution in [2.45, 2.75) is 45.6 Å². The summed E-state index contributed by atoms with van der Waals surface area (Å²) in [6.45, 7) is 7.30. The summed E-state index contributed by atoms with van der Waals surface area (Å²) in [6, 6.07) is 25.0. The van der Waals surface area contributed by atoms with Gasteiger partial charge >= 0.3 is 0 Å². The highest BCUT2D eigenvalue weighted by molar-refractivity contribution is 5.97. The minimum absolute atomic E-state index is 0.0706. The Kier molecular flexibility index (Phi) is 8.35. The second-order valence-corrected chi connectivity index (χ2v) is 9.74. The van der Waals surface area contributed by atoms with Gasteiger partial charge in [0.2, 0.25) is 11.8 Å². The Hall–Kier alpha value is -4.28. The van der Waals surface area contributed by atoms with Crippen LogP contribution < -0.4 is 5.73 Å². The van der Waals surface area contributed by atoms with Gasteiger partial charge < -0.3 is 15.1 Å². The number of carbonyl (C=O) groups excluding carboxylic acids is 1. The van der Waals surface area contributed by atoms with Crippen LogP contribution in [0.5, 0.6) is 0 Å². The molecule has 0 aliphatic heterocycles. The van der Waals surface area contributed by atoms with Crippen molar-refractivity contribution in [1.82, 2.24) is 15.1 Å². The maximum absolute atomic E-state index is 13.6. The number of hydrogen-bond acceptors (Lipinski definition) is 6. The molecule has 7 heteroatoms. The average molecular weight is 508 g/mol. The third-order valence-corrected chi connectivity index (χ3v) is 6.39. The molecular weight excluding hydrogens is 474 g/mol. The number of hydrogen-bond donors (Lipinski definition) is 1. The van der Waals surface area contributed by atoms with Crippen molar-refractivity contribution >= 4 is 5.91 Å². The number of aromatic nitrogens is 2. The lowest BCUT2D eigenvalue weighted by Crippen LogP contribution is -2.35. The summed E-state index contributed by atoms with van der Waals surface area (Å²) in [5.74, 6) is 0.511. The summed E-state index contributed by atoms with van der Waals surface area (Å²) in [6.07, 6.45) is 2.25. The molecule has 1 heterocycles. The molecule has 1 aromatic heterocycles. The van der Waals surface area contributed by atoms with Crippen LogP contribution in [0.1, 0.15) is 61.0 Å². The number of rotatable bonds is 10. The van der Waals surface area contributed by atoms with Gasteiger partial charge in [0.25, 0.3) is 5.91 Å². The molecule has 0 saturated heterocycles. The predicted octanol–water partition coefficient (Wildman–Crippen LogP) is 5.95. The predicted molar refractivity (Wildman–Crippen MR) is 148 cm³/mol. The third-order valence-electron chi connectivity index (χ3n) is 6.39. The van der Waals surface area contributed by atoms with Gasteiger partial charge in [-0.15, -0.1) is 10.2 Å². The Morgan fingerprint density at radius 1 is 0.974 bits per heavy atom. The first-order valence-corrected chi connectivity index (χ1v) is 13.0. The van der Waals surface area contributed by atoms with Crippen LogP contribution >= 0.6 is 0 Å². The molecule has 38 heavy (non-hydrogen) atoms. The van der Waals surface area contributed by atoms with Crippen molar-refractivity contribution < 1.29 is 9.21 Å². The van der Waals surface area contributed by atoms with Crippen LogP contribution in [0.25, 0.3) is 22.6 Å². The van der Waals surface area contributed by atoms with Crippen molar-refractivity contribution in [2.24, 2.45) is 5.73 Å². The van der Waals surface area contributed by atoms with E-state index in [1.54, 1.807) is 12.1 Å². The zero-order chi connectivity index (χ0) is 27.1. The van der Waals surface area contributed by atoms with Crippen molar-refractivity contribution in [1.29, 1.82) is 5.26 Å². The van der Waals surface area contributed by atoms with Gasteiger partial charge in [0.15, 0.2) is 0 Å². The lowest BCUT2D eigenvalue weighted by atomic mass is 9.94. The van der Waals surface area contributed by atoms with Crippen LogP contribution in [0.2, 0.25) is 0 Å². The maximum Gasteiger partial charge on any atom is 0.253 e. The highest BCUT2D eigenvalue weighted by atomic mass is 16.4. The largest absolute Gasteiger partial charge is 0.419 e. The number of nitrogens with zero attached hydrogens (tertiary/aromatic N) is 4. The summed E-state index contributed by atoms with van der Waals surface area (Å²) in [4.78, 5) is 15.4. The molecule has 0 bridgehead atoms. The van der Waals surface area contributed by atoms with E-state index in [1.807, 2.05) is 72.5 Å². The van der Waals surface area contributed by atoms with Gasteiger partial charge in [-0.2, -0.15) is 5.26 Å². The van der Waals surface area contributed by atoms with Crippen LogP contribution in [0.3, 0.4) is 0 Å². The molecule has 3 aromatic carbocycles. The average Bonchev–Trinajstić information content (AvgIpc) is 3.44. The fourth-order valence-electron chi connectivity index (χ4n) is 4.57. The highest BCUT2D eigenvalue weighted by Crippen LogP contribution is 2.32. The van der Waals surface area contributed by atoms with Crippen LogP contribution in [-0.4, -0.2) is 34.1 Å². The van der Waals surface area contributed by atoms with E-state index in [0.29, 0.717) is 42.1 Å². The Morgan fingerprint density at radius 3 is 2.32 bits per heavy atom. The highest BCUT2D eigenvalue weighted by Gasteiger charge is 2.29. The smallest absolute Gasteiger partial charge is 0.253 e. The normalized spacial score (nSPS) is 12.5. The summed E-state index contributed by atoms with van der Waals surface area (Å²) in [5, 5.41) is 18.3. The Balaban J connectivity index is 1.78. The lowest BCUT2D eigenvalue weighted by molar-refractivity contribution is 0.0755. The molecule has 7 nitrogen and oxygen atoms in total. The minimum Gasteiger partial charge on any atom is -0.419 e. The van der Waals surface area contributed by atoms with E-state index in [-0.39, 0.29) is 11.8 Å². The quantitative estimate of drug-likeness (QED) is 0.284. The third kappa shape index (κ3) is 5.99. The molecule has 0 radical (unpaired) electrons. The van der Waals surface area contributed by atoms with E-state index in [4.69, 9.17) is 10.2 Å². The van der Waals surface area contributed by atoms with Crippen LogP contribution in [0.15, 0.2) is 77.2 Å². The number of nitrogens with two attached hydrogens (primary N) is 1. The van der Waals surface area contributed by atoms with Gasteiger partial charge in [-0.25, -0.2) is 0 Å². The molecule has 4 aromatic rings. The SMILES string of the molecule is CCCN(CCC)C(=O)c1cc(-c2nnc(C(C)(N)Cc3ccccc3)o2)cc(-c2ccccc2C#N)c1. The molecular formula is C31H33N5O2. The summed E-state index contributed by atoms with van der Waals surface area (Å²) in [5.41, 5.74) is 9.88. The van der Waals surface area contributed by atoms with Crippen molar-refractivity contribution in [3.8, 4) is 28.7 Å². The van der Waals surface area contributed by atoms with Gasteiger partial charge in [-0.3, -0.25) is 4.79 Å². The molecule has 0 saturated carbocycles. The first-order valence-electron chi connectivity index (χ1n) is 13.0. The lowest BCUT2D eigenvalue weighted by Gasteiger charge is -2.22. The standard InChI is InChI=1S/C31H33N5O2/c1-4-15-36(16-5-2)29(37)26-18-24(27-14-10-9-13-23(27)21-32)17-25(19-26)28-34-35-30(38-28)31(3,33)20-22-11-7-6-8-12-22/h6-14,17-19H,4-5,15-16,20,33H2,1-3H3. The van der Waals surface area contributed by atoms with Crippen LogP contribution in [-0.2, 0) is 12.0 Å². The fourth-order valence-corrected chi connectivity index (χ4v) is 4.57. The Bertz CT molecular complexity index is 1430. The van der Waals surface area contributed by atoms with Gasteiger partial charge in [-0.1, -0.05) is 62.4 Å².